The van der Waals surface area contributed by atoms with Crippen LogP contribution in [0, 0.1) is 0 Å². The second-order valence-electron chi connectivity index (χ2n) is 7.03. The van der Waals surface area contributed by atoms with Crippen LogP contribution in [0.15, 0.2) is 30.3 Å². The molecule has 23 heavy (non-hydrogen) atoms. The third-order valence-corrected chi connectivity index (χ3v) is 5.50. The highest BCUT2D eigenvalue weighted by atomic mass is 16.2. The number of piperidine rings is 1. The van der Waals surface area contributed by atoms with Crippen molar-refractivity contribution in [3.05, 3.63) is 35.9 Å². The Morgan fingerprint density at radius 2 is 1.61 bits per heavy atom. The fourth-order valence-corrected chi connectivity index (χ4v) is 3.80. The van der Waals surface area contributed by atoms with Crippen LogP contribution in [0.3, 0.4) is 0 Å². The minimum Gasteiger partial charge on any atom is -0.342 e. The van der Waals surface area contributed by atoms with Gasteiger partial charge in [0.2, 0.25) is 5.91 Å². The van der Waals surface area contributed by atoms with Gasteiger partial charge < -0.3 is 9.80 Å². The van der Waals surface area contributed by atoms with Gasteiger partial charge in [0.1, 0.15) is 0 Å². The summed E-state index contributed by atoms with van der Waals surface area (Å²) in [5.41, 5.74) is 1.12. The van der Waals surface area contributed by atoms with E-state index in [1.165, 1.54) is 26.2 Å². The van der Waals surface area contributed by atoms with Gasteiger partial charge in [-0.15, -0.1) is 0 Å². The Kier molecular flexibility index (Phi) is 5.34. The number of amides is 1. The maximum atomic E-state index is 12.7. The fourth-order valence-electron chi connectivity index (χ4n) is 3.80. The number of likely N-dealkylation sites (N-methyl/N-ethyl adjacent to an activating group) is 1. The predicted molar refractivity (Wildman–Crippen MR) is 93.5 cm³/mol. The Balaban J connectivity index is 1.51. The SMILES string of the molecule is CC(C(=O)N1CCC(N2CCN(C)CC2)CC1)c1ccccc1. The molecule has 2 aliphatic rings. The van der Waals surface area contributed by atoms with Gasteiger partial charge in [0, 0.05) is 45.3 Å². The Bertz CT molecular complexity index is 503. The first-order valence-electron chi connectivity index (χ1n) is 8.91. The average Bonchev–Trinajstić information content (AvgIpc) is 2.62. The molecule has 4 nitrogen and oxygen atoms in total. The van der Waals surface area contributed by atoms with Gasteiger partial charge in [0.05, 0.1) is 5.92 Å². The van der Waals surface area contributed by atoms with E-state index >= 15 is 0 Å². The first kappa shape index (κ1) is 16.5. The Labute approximate surface area is 140 Å². The number of carbonyl (C=O) groups excluding carboxylic acids is 1. The Morgan fingerprint density at radius 3 is 2.22 bits per heavy atom. The highest BCUT2D eigenvalue weighted by Gasteiger charge is 2.30. The van der Waals surface area contributed by atoms with Crippen LogP contribution in [-0.2, 0) is 4.79 Å². The Morgan fingerprint density at radius 1 is 1.00 bits per heavy atom. The van der Waals surface area contributed by atoms with Crippen molar-refractivity contribution in [2.45, 2.75) is 31.7 Å². The smallest absolute Gasteiger partial charge is 0.229 e. The van der Waals surface area contributed by atoms with Gasteiger partial charge in [-0.2, -0.15) is 0 Å². The number of hydrogen-bond donors (Lipinski definition) is 0. The van der Waals surface area contributed by atoms with Gasteiger partial charge >= 0.3 is 0 Å². The third-order valence-electron chi connectivity index (χ3n) is 5.50. The monoisotopic (exact) mass is 315 g/mol. The summed E-state index contributed by atoms with van der Waals surface area (Å²) >= 11 is 0. The molecule has 2 saturated heterocycles. The molecule has 126 valence electrons. The lowest BCUT2D eigenvalue weighted by molar-refractivity contribution is -0.134. The van der Waals surface area contributed by atoms with Crippen molar-refractivity contribution < 1.29 is 4.79 Å². The zero-order valence-electron chi connectivity index (χ0n) is 14.4. The fraction of sp³-hybridized carbons (Fsp3) is 0.632. The van der Waals surface area contributed by atoms with E-state index in [0.29, 0.717) is 6.04 Å². The lowest BCUT2D eigenvalue weighted by atomic mass is 9.97. The summed E-state index contributed by atoms with van der Waals surface area (Å²) < 4.78 is 0. The number of piperazine rings is 1. The molecule has 1 atom stereocenters. The molecule has 0 radical (unpaired) electrons. The van der Waals surface area contributed by atoms with Crippen LogP contribution in [-0.4, -0.2) is 73.0 Å². The molecule has 0 N–H and O–H groups in total. The minimum absolute atomic E-state index is 0.0311. The summed E-state index contributed by atoms with van der Waals surface area (Å²) in [5.74, 6) is 0.254. The van der Waals surface area contributed by atoms with Gasteiger partial charge in [0.25, 0.3) is 0 Å². The van der Waals surface area contributed by atoms with Gasteiger partial charge in [0.15, 0.2) is 0 Å². The van der Waals surface area contributed by atoms with Crippen LogP contribution < -0.4 is 0 Å². The van der Waals surface area contributed by atoms with E-state index in [1.807, 2.05) is 25.1 Å². The summed E-state index contributed by atoms with van der Waals surface area (Å²) in [4.78, 5) is 19.8. The number of hydrogen-bond acceptors (Lipinski definition) is 3. The van der Waals surface area contributed by atoms with Crippen molar-refractivity contribution in [3.63, 3.8) is 0 Å². The molecule has 4 heteroatoms. The molecule has 2 heterocycles. The predicted octanol–water partition coefficient (Wildman–Crippen LogP) is 2.03. The molecule has 0 aliphatic carbocycles. The molecule has 0 bridgehead atoms. The minimum atomic E-state index is -0.0311. The molecule has 0 saturated carbocycles. The normalized spacial score (nSPS) is 23.0. The lowest BCUT2D eigenvalue weighted by Crippen LogP contribution is -2.53. The largest absolute Gasteiger partial charge is 0.342 e. The van der Waals surface area contributed by atoms with Crippen molar-refractivity contribution in [2.75, 3.05) is 46.3 Å². The molecule has 0 aromatic heterocycles. The molecule has 3 rings (SSSR count). The molecule has 1 aromatic carbocycles. The third kappa shape index (κ3) is 3.93. The molecule has 1 amide bonds. The van der Waals surface area contributed by atoms with E-state index < -0.39 is 0 Å². The number of benzene rings is 1. The summed E-state index contributed by atoms with van der Waals surface area (Å²) in [7, 11) is 2.20. The van der Waals surface area contributed by atoms with Crippen molar-refractivity contribution in [2.24, 2.45) is 0 Å². The molecule has 1 unspecified atom stereocenters. The van der Waals surface area contributed by atoms with Crippen LogP contribution >= 0.6 is 0 Å². The van der Waals surface area contributed by atoms with Crippen molar-refractivity contribution >= 4 is 5.91 Å². The van der Waals surface area contributed by atoms with Gasteiger partial charge in [-0.25, -0.2) is 0 Å². The average molecular weight is 315 g/mol. The molecule has 1 aromatic rings. The summed E-state index contributed by atoms with van der Waals surface area (Å²) in [6, 6.07) is 10.8. The number of carbonyl (C=O) groups is 1. The topological polar surface area (TPSA) is 26.8 Å². The number of likely N-dealkylation sites (tertiary alicyclic amines) is 1. The van der Waals surface area contributed by atoms with Crippen LogP contribution in [0.4, 0.5) is 0 Å². The molecular formula is C19H29N3O. The van der Waals surface area contributed by atoms with E-state index in [0.717, 1.165) is 31.5 Å². The van der Waals surface area contributed by atoms with Crippen LogP contribution in [0.25, 0.3) is 0 Å². The second-order valence-corrected chi connectivity index (χ2v) is 7.03. The van der Waals surface area contributed by atoms with E-state index in [-0.39, 0.29) is 11.8 Å². The van der Waals surface area contributed by atoms with E-state index in [1.54, 1.807) is 0 Å². The zero-order chi connectivity index (χ0) is 16.2. The molecule has 2 aliphatic heterocycles. The summed E-state index contributed by atoms with van der Waals surface area (Å²) in [5, 5.41) is 0. The summed E-state index contributed by atoms with van der Waals surface area (Å²) in [6.45, 7) is 8.55. The van der Waals surface area contributed by atoms with Crippen molar-refractivity contribution in [3.8, 4) is 0 Å². The first-order valence-corrected chi connectivity index (χ1v) is 8.91. The van der Waals surface area contributed by atoms with Crippen molar-refractivity contribution in [1.29, 1.82) is 0 Å². The lowest BCUT2D eigenvalue weighted by Gasteiger charge is -2.42. The highest BCUT2D eigenvalue weighted by molar-refractivity contribution is 5.83. The van der Waals surface area contributed by atoms with Crippen LogP contribution in [0.1, 0.15) is 31.2 Å². The quantitative estimate of drug-likeness (QED) is 0.854. The molecule has 0 spiro atoms. The zero-order valence-corrected chi connectivity index (χ0v) is 14.4. The van der Waals surface area contributed by atoms with Gasteiger partial charge in [-0.05, 0) is 32.4 Å². The number of nitrogens with zero attached hydrogens (tertiary/aromatic N) is 3. The maximum Gasteiger partial charge on any atom is 0.229 e. The summed E-state index contributed by atoms with van der Waals surface area (Å²) in [6.07, 6.45) is 2.24. The second kappa shape index (κ2) is 7.45. The molecule has 2 fully saturated rings. The van der Waals surface area contributed by atoms with Gasteiger partial charge in [-0.1, -0.05) is 30.3 Å². The highest BCUT2D eigenvalue weighted by Crippen LogP contribution is 2.23. The van der Waals surface area contributed by atoms with Crippen LogP contribution in [0.2, 0.25) is 0 Å². The van der Waals surface area contributed by atoms with Gasteiger partial charge in [-0.3, -0.25) is 9.69 Å². The van der Waals surface area contributed by atoms with E-state index in [9.17, 15) is 4.79 Å². The Hall–Kier alpha value is -1.39. The van der Waals surface area contributed by atoms with E-state index in [2.05, 4.69) is 33.9 Å². The first-order chi connectivity index (χ1) is 11.1. The molecular weight excluding hydrogens is 286 g/mol. The van der Waals surface area contributed by atoms with Crippen molar-refractivity contribution in [1.82, 2.24) is 14.7 Å². The standard InChI is InChI=1S/C19H29N3O/c1-16(17-6-4-3-5-7-17)19(23)22-10-8-18(9-11-22)21-14-12-20(2)13-15-21/h3-7,16,18H,8-15H2,1-2H3. The van der Waals surface area contributed by atoms with Crippen LogP contribution in [0.5, 0.6) is 0 Å². The van der Waals surface area contributed by atoms with E-state index in [4.69, 9.17) is 0 Å². The maximum absolute atomic E-state index is 12.7. The number of rotatable bonds is 3.